The first-order valence-electron chi connectivity index (χ1n) is 13.5. The van der Waals surface area contributed by atoms with Crippen LogP contribution in [-0.2, 0) is 14.3 Å². The van der Waals surface area contributed by atoms with Crippen molar-refractivity contribution in [1.29, 1.82) is 0 Å². The number of hydrogen-bond acceptors (Lipinski definition) is 9. The van der Waals surface area contributed by atoms with Crippen LogP contribution in [0.15, 0.2) is 65.2 Å². The number of morpholine rings is 1. The van der Waals surface area contributed by atoms with Gasteiger partial charge in [-0.05, 0) is 62.5 Å². The number of aliphatic imine (C=N–C) groups is 1. The molecule has 1 saturated heterocycles. The zero-order valence-electron chi connectivity index (χ0n) is 23.4. The first-order chi connectivity index (χ1) is 19.8. The van der Waals surface area contributed by atoms with Crippen molar-refractivity contribution in [2.24, 2.45) is 4.99 Å². The first kappa shape index (κ1) is 28.7. The Morgan fingerprint density at radius 3 is 2.76 bits per heavy atom. The van der Waals surface area contributed by atoms with E-state index in [1.54, 1.807) is 42.7 Å². The molecule has 41 heavy (non-hydrogen) atoms. The predicted octanol–water partition coefficient (Wildman–Crippen LogP) is 2.91. The van der Waals surface area contributed by atoms with Crippen LogP contribution in [0.5, 0.6) is 0 Å². The summed E-state index contributed by atoms with van der Waals surface area (Å²) in [4.78, 5) is 41.2. The van der Waals surface area contributed by atoms with Gasteiger partial charge < -0.3 is 29.9 Å². The molecular formula is C29H34ClN7O4. The Morgan fingerprint density at radius 2 is 2.02 bits per heavy atom. The molecule has 0 spiro atoms. The minimum Gasteiger partial charge on any atom is -0.378 e. The number of pyridine rings is 1. The molecule has 3 aliphatic heterocycles. The second-order valence-electron chi connectivity index (χ2n) is 10.1. The summed E-state index contributed by atoms with van der Waals surface area (Å²) in [6.07, 6.45) is 5.11. The smallest absolute Gasteiger partial charge is 0.266 e. The van der Waals surface area contributed by atoms with Crippen molar-refractivity contribution >= 4 is 46.3 Å². The molecule has 216 valence electrons. The summed E-state index contributed by atoms with van der Waals surface area (Å²) in [7, 11) is 5.51. The van der Waals surface area contributed by atoms with Crippen molar-refractivity contribution in [3.8, 4) is 0 Å². The predicted molar refractivity (Wildman–Crippen MR) is 160 cm³/mol. The number of amides is 2. The van der Waals surface area contributed by atoms with Crippen molar-refractivity contribution in [2.75, 3.05) is 75.7 Å². The fourth-order valence-corrected chi connectivity index (χ4v) is 5.07. The van der Waals surface area contributed by atoms with Crippen LogP contribution in [0.1, 0.15) is 16.8 Å². The van der Waals surface area contributed by atoms with Gasteiger partial charge in [-0.2, -0.15) is 0 Å². The summed E-state index contributed by atoms with van der Waals surface area (Å²) in [5, 5.41) is 6.51. The van der Waals surface area contributed by atoms with Crippen molar-refractivity contribution in [3.05, 3.63) is 70.8 Å². The highest BCUT2D eigenvalue weighted by atomic mass is 35.5. The molecule has 12 heteroatoms. The number of methoxy groups -OCH3 is 1. The Kier molecular flexibility index (Phi) is 8.99. The molecule has 4 heterocycles. The van der Waals surface area contributed by atoms with Crippen LogP contribution < -0.4 is 20.4 Å². The molecule has 0 radical (unpaired) electrons. The summed E-state index contributed by atoms with van der Waals surface area (Å²) in [6.45, 7) is 4.31. The third-order valence-corrected chi connectivity index (χ3v) is 7.29. The Labute approximate surface area is 244 Å². The van der Waals surface area contributed by atoms with E-state index < -0.39 is 6.10 Å². The molecule has 2 amide bonds. The second kappa shape index (κ2) is 12.8. The summed E-state index contributed by atoms with van der Waals surface area (Å²) >= 11 is 6.66. The number of carbonyl (C=O) groups excluding carboxylic acids is 2. The standard InChI is InChI=1S/C29H34ClN7O4/c1-35(2)11-10-31-24-7-4-20-18-37(29(39)27(40-3)26(20)34-24)23-6-5-21(17-22(23)30)33-28(38)19-8-9-32-25(16-19)36-12-14-41-15-13-36/h5-9,16-18,27,31H,4,10-15H2,1-3H3,(H,33,38). The average molecular weight is 580 g/mol. The number of benzene rings is 1. The van der Waals surface area contributed by atoms with Gasteiger partial charge in [0.15, 0.2) is 6.10 Å². The maximum atomic E-state index is 13.5. The number of aromatic nitrogens is 1. The van der Waals surface area contributed by atoms with Crippen LogP contribution in [0, 0.1) is 0 Å². The van der Waals surface area contributed by atoms with Crippen molar-refractivity contribution in [1.82, 2.24) is 15.2 Å². The number of allylic oxidation sites excluding steroid dienone is 1. The van der Waals surface area contributed by atoms with Gasteiger partial charge in [-0.1, -0.05) is 11.6 Å². The van der Waals surface area contributed by atoms with E-state index in [1.807, 2.05) is 20.2 Å². The van der Waals surface area contributed by atoms with Crippen molar-refractivity contribution < 1.29 is 19.1 Å². The number of nitrogens with zero attached hydrogens (tertiary/aromatic N) is 5. The molecule has 2 aromatic rings. The second-order valence-corrected chi connectivity index (χ2v) is 10.5. The molecule has 1 aromatic heterocycles. The molecule has 3 aliphatic rings. The topological polar surface area (TPSA) is 112 Å². The molecule has 1 aromatic carbocycles. The molecule has 0 saturated carbocycles. The van der Waals surface area contributed by atoms with E-state index in [1.165, 1.54) is 12.0 Å². The van der Waals surface area contributed by atoms with Crippen LogP contribution in [0.4, 0.5) is 17.2 Å². The Morgan fingerprint density at radius 1 is 1.22 bits per heavy atom. The number of hydrogen-bond donors (Lipinski definition) is 2. The van der Waals surface area contributed by atoms with Crippen LogP contribution in [0.25, 0.3) is 0 Å². The number of rotatable bonds is 9. The fourth-order valence-electron chi connectivity index (χ4n) is 4.80. The van der Waals surface area contributed by atoms with Crippen molar-refractivity contribution in [3.63, 3.8) is 0 Å². The monoisotopic (exact) mass is 579 g/mol. The van der Waals surface area contributed by atoms with Gasteiger partial charge in [0.25, 0.3) is 11.8 Å². The zero-order chi connectivity index (χ0) is 28.9. The first-order valence-corrected chi connectivity index (χ1v) is 13.9. The Hall–Kier alpha value is -3.77. The van der Waals surface area contributed by atoms with Crippen LogP contribution in [-0.4, -0.2) is 94.1 Å². The third-order valence-electron chi connectivity index (χ3n) is 6.99. The van der Waals surface area contributed by atoms with E-state index in [0.717, 1.165) is 43.4 Å². The lowest BCUT2D eigenvalue weighted by Crippen LogP contribution is -2.47. The summed E-state index contributed by atoms with van der Waals surface area (Å²) in [5.74, 6) is 0.879. The minimum atomic E-state index is -0.864. The van der Waals surface area contributed by atoms with E-state index in [0.29, 0.717) is 47.3 Å². The zero-order valence-corrected chi connectivity index (χ0v) is 24.1. The van der Waals surface area contributed by atoms with Crippen LogP contribution in [0.3, 0.4) is 0 Å². The molecular weight excluding hydrogens is 546 g/mol. The minimum absolute atomic E-state index is 0.286. The highest BCUT2D eigenvalue weighted by Gasteiger charge is 2.37. The maximum absolute atomic E-state index is 13.5. The molecule has 1 unspecified atom stereocenters. The lowest BCUT2D eigenvalue weighted by atomic mass is 9.96. The maximum Gasteiger partial charge on any atom is 0.266 e. The molecule has 0 aliphatic carbocycles. The highest BCUT2D eigenvalue weighted by Crippen LogP contribution is 2.34. The van der Waals surface area contributed by atoms with Gasteiger partial charge in [-0.15, -0.1) is 0 Å². The van der Waals surface area contributed by atoms with Gasteiger partial charge in [0.1, 0.15) is 11.6 Å². The van der Waals surface area contributed by atoms with E-state index >= 15 is 0 Å². The SMILES string of the molecule is COC1C(=O)N(c2ccc(NC(=O)c3ccnc(N4CCOCC4)c3)cc2Cl)C=C2CC=C(NCCN(C)C)N=C21. The van der Waals surface area contributed by atoms with Gasteiger partial charge in [-0.3, -0.25) is 14.5 Å². The van der Waals surface area contributed by atoms with E-state index in [9.17, 15) is 9.59 Å². The number of nitrogens with one attached hydrogen (secondary N) is 2. The molecule has 5 rings (SSSR count). The normalized spacial score (nSPS) is 18.9. The van der Waals surface area contributed by atoms with Crippen LogP contribution >= 0.6 is 11.6 Å². The number of halogens is 1. The van der Waals surface area contributed by atoms with E-state index in [4.69, 9.17) is 21.1 Å². The van der Waals surface area contributed by atoms with Gasteiger partial charge >= 0.3 is 0 Å². The molecule has 1 fully saturated rings. The highest BCUT2D eigenvalue weighted by molar-refractivity contribution is 6.35. The third kappa shape index (κ3) is 6.59. The quantitative estimate of drug-likeness (QED) is 0.466. The molecule has 0 bridgehead atoms. The lowest BCUT2D eigenvalue weighted by Gasteiger charge is -2.33. The summed E-state index contributed by atoms with van der Waals surface area (Å²) in [6, 6.07) is 8.48. The Bertz CT molecular complexity index is 1400. The molecule has 2 N–H and O–H groups in total. The number of carbonyl (C=O) groups is 2. The number of anilines is 3. The largest absolute Gasteiger partial charge is 0.378 e. The summed E-state index contributed by atoms with van der Waals surface area (Å²) < 4.78 is 11.0. The van der Waals surface area contributed by atoms with Gasteiger partial charge in [0.2, 0.25) is 0 Å². The van der Waals surface area contributed by atoms with Gasteiger partial charge in [-0.25, -0.2) is 9.98 Å². The average Bonchev–Trinajstić information content (AvgIpc) is 2.97. The van der Waals surface area contributed by atoms with Gasteiger partial charge in [0, 0.05) is 56.9 Å². The van der Waals surface area contributed by atoms with Gasteiger partial charge in [0.05, 0.1) is 29.6 Å². The summed E-state index contributed by atoms with van der Waals surface area (Å²) in [5.41, 5.74) is 2.94. The molecule has 1 atom stereocenters. The van der Waals surface area contributed by atoms with E-state index in [2.05, 4.69) is 30.4 Å². The van der Waals surface area contributed by atoms with Crippen LogP contribution in [0.2, 0.25) is 5.02 Å². The number of likely N-dealkylation sites (N-methyl/N-ethyl adjacent to an activating group) is 1. The number of fused-ring (bicyclic) bond motifs is 1. The fraction of sp³-hybridized carbons (Fsp3) is 0.379. The number of ether oxygens (including phenoxy) is 2. The van der Waals surface area contributed by atoms with E-state index in [-0.39, 0.29) is 11.8 Å². The lowest BCUT2D eigenvalue weighted by molar-refractivity contribution is -0.124. The Balaban J connectivity index is 1.30. The van der Waals surface area contributed by atoms with Crippen molar-refractivity contribution in [2.45, 2.75) is 12.5 Å². The molecule has 11 nitrogen and oxygen atoms in total.